The molecule has 0 unspecified atom stereocenters. The Labute approximate surface area is 186 Å². The Kier molecular flexibility index (Phi) is 5.14. The minimum Gasteiger partial charge on any atom is -0.384 e. The maximum Gasteiger partial charge on any atom is 0.272 e. The zero-order valence-electron chi connectivity index (χ0n) is 18.4. The lowest BCUT2D eigenvalue weighted by Crippen LogP contribution is -2.63. The number of amides is 1. The number of hydrogen-bond donors (Lipinski definition) is 4. The summed E-state index contributed by atoms with van der Waals surface area (Å²) in [5, 5.41) is 14.4. The number of likely N-dealkylation sites (tertiary alicyclic amines) is 1. The third-order valence-corrected chi connectivity index (χ3v) is 6.58. The number of carbonyl (C=O) groups excluding carboxylic acids is 1. The fourth-order valence-electron chi connectivity index (χ4n) is 5.09. The van der Waals surface area contributed by atoms with Gasteiger partial charge in [0.1, 0.15) is 11.7 Å². The number of hydrazone groups is 1. The first-order chi connectivity index (χ1) is 15.4. The predicted molar refractivity (Wildman–Crippen MR) is 122 cm³/mol. The first kappa shape index (κ1) is 20.6. The highest BCUT2D eigenvalue weighted by molar-refractivity contribution is 6.05. The van der Waals surface area contributed by atoms with Crippen molar-refractivity contribution in [2.75, 3.05) is 27.2 Å². The molecule has 11 nitrogen and oxygen atoms in total. The summed E-state index contributed by atoms with van der Waals surface area (Å²) in [4.78, 5) is 18.1. The van der Waals surface area contributed by atoms with Crippen molar-refractivity contribution in [1.82, 2.24) is 35.4 Å². The quantitative estimate of drug-likeness (QED) is 0.497. The van der Waals surface area contributed by atoms with Crippen LogP contribution in [0, 0.1) is 0 Å². The first-order valence-electron chi connectivity index (χ1n) is 10.9. The van der Waals surface area contributed by atoms with Crippen molar-refractivity contribution in [3.63, 3.8) is 0 Å². The van der Waals surface area contributed by atoms with Crippen LogP contribution in [0.5, 0.6) is 0 Å². The third kappa shape index (κ3) is 3.84. The number of fused-ring (bicyclic) bond motifs is 3. The van der Waals surface area contributed by atoms with Gasteiger partial charge in [0, 0.05) is 42.7 Å². The maximum atomic E-state index is 13.3. The van der Waals surface area contributed by atoms with Gasteiger partial charge < -0.3 is 21.7 Å². The molecule has 2 fully saturated rings. The molecule has 5 rings (SSSR count). The van der Waals surface area contributed by atoms with Crippen molar-refractivity contribution in [1.29, 1.82) is 0 Å². The maximum absolute atomic E-state index is 13.3. The van der Waals surface area contributed by atoms with E-state index in [0.29, 0.717) is 29.4 Å². The Balaban J connectivity index is 1.35. The average Bonchev–Trinajstić information content (AvgIpc) is 3.08. The molecule has 3 atom stereocenters. The number of nitrogens with two attached hydrogens (primary N) is 2. The van der Waals surface area contributed by atoms with Gasteiger partial charge in [0.25, 0.3) is 5.91 Å². The van der Waals surface area contributed by atoms with Crippen LogP contribution in [0.1, 0.15) is 23.3 Å². The van der Waals surface area contributed by atoms with E-state index in [4.69, 9.17) is 11.5 Å². The zero-order valence-corrected chi connectivity index (χ0v) is 18.4. The Morgan fingerprint density at radius 1 is 1.19 bits per heavy atom. The Morgan fingerprint density at radius 2 is 1.91 bits per heavy atom. The van der Waals surface area contributed by atoms with Crippen molar-refractivity contribution in [2.24, 2.45) is 16.6 Å². The molecule has 32 heavy (non-hydrogen) atoms. The van der Waals surface area contributed by atoms with E-state index in [9.17, 15) is 4.79 Å². The van der Waals surface area contributed by atoms with E-state index in [1.165, 1.54) is 5.12 Å². The molecule has 3 aliphatic rings. The van der Waals surface area contributed by atoms with Gasteiger partial charge in [-0.1, -0.05) is 18.2 Å². The third-order valence-electron chi connectivity index (χ3n) is 6.58. The van der Waals surface area contributed by atoms with E-state index in [-0.39, 0.29) is 18.6 Å². The lowest BCUT2D eigenvalue weighted by Gasteiger charge is -2.50. The molecule has 6 N–H and O–H groups in total. The van der Waals surface area contributed by atoms with Gasteiger partial charge in [0.15, 0.2) is 12.4 Å². The van der Waals surface area contributed by atoms with Crippen molar-refractivity contribution in [2.45, 2.75) is 37.6 Å². The smallest absolute Gasteiger partial charge is 0.272 e. The molecule has 4 heterocycles. The summed E-state index contributed by atoms with van der Waals surface area (Å²) in [5.74, 6) is 0.550. The highest BCUT2D eigenvalue weighted by Gasteiger charge is 2.38. The zero-order chi connectivity index (χ0) is 22.4. The summed E-state index contributed by atoms with van der Waals surface area (Å²) < 4.78 is 1.73. The normalized spacial score (nSPS) is 26.4. The number of benzene rings is 1. The van der Waals surface area contributed by atoms with Crippen LogP contribution in [0.3, 0.4) is 0 Å². The monoisotopic (exact) mass is 438 g/mol. The Hall–Kier alpha value is -3.31. The number of hydrazine groups is 1. The van der Waals surface area contributed by atoms with E-state index in [2.05, 4.69) is 44.8 Å². The molecular formula is C21H30N10O. The highest BCUT2D eigenvalue weighted by Crippen LogP contribution is 2.27. The van der Waals surface area contributed by atoms with E-state index in [1.807, 2.05) is 24.3 Å². The molecule has 0 radical (unpaired) electrons. The SMILES string of the molecule is CN1C[C@H]2C[C@@H](NC(=O)c3nn(CN4N=C(N)C=C(N)N4)c4ccccc34)C[C@@H](C1)N2C. The summed E-state index contributed by atoms with van der Waals surface area (Å²) >= 11 is 0. The standard InChI is InChI=1S/C21H30N10O/c1-28-10-14-7-13(8-15(11-28)29(14)2)24-21(32)20-16-5-3-4-6-17(16)30(27-20)12-31-25-18(22)9-19(23)26-31/h3-6,9,13-15,25H,7-8,10-12,22H2,1-2H3,(H2,23,26)(H,24,32)/t13-,14-,15+. The van der Waals surface area contributed by atoms with Crippen LogP contribution in [0.2, 0.25) is 0 Å². The van der Waals surface area contributed by atoms with Gasteiger partial charge in [-0.25, -0.2) is 4.68 Å². The van der Waals surface area contributed by atoms with Crippen molar-refractivity contribution in [3.05, 3.63) is 41.9 Å². The summed E-state index contributed by atoms with van der Waals surface area (Å²) in [6, 6.07) is 8.75. The van der Waals surface area contributed by atoms with Crippen LogP contribution in [-0.2, 0) is 6.67 Å². The van der Waals surface area contributed by atoms with Gasteiger partial charge in [0.05, 0.1) is 5.52 Å². The van der Waals surface area contributed by atoms with Crippen LogP contribution < -0.4 is 22.2 Å². The van der Waals surface area contributed by atoms with E-state index >= 15 is 0 Å². The van der Waals surface area contributed by atoms with E-state index in [0.717, 1.165) is 36.8 Å². The number of carbonyl (C=O) groups is 1. The molecule has 1 aromatic carbocycles. The van der Waals surface area contributed by atoms with Crippen LogP contribution in [0.4, 0.5) is 0 Å². The molecule has 1 amide bonds. The Bertz CT molecular complexity index is 1080. The second kappa shape index (κ2) is 7.99. The number of rotatable bonds is 4. The Morgan fingerprint density at radius 3 is 2.62 bits per heavy atom. The van der Waals surface area contributed by atoms with Crippen LogP contribution >= 0.6 is 0 Å². The summed E-state index contributed by atoms with van der Waals surface area (Å²) in [5.41, 5.74) is 15.8. The summed E-state index contributed by atoms with van der Waals surface area (Å²) in [7, 11) is 4.37. The minimum atomic E-state index is -0.144. The highest BCUT2D eigenvalue weighted by atomic mass is 16.2. The van der Waals surface area contributed by atoms with Gasteiger partial charge in [0.2, 0.25) is 0 Å². The lowest BCUT2D eigenvalue weighted by molar-refractivity contribution is 0.00836. The molecule has 1 aromatic heterocycles. The number of aromatic nitrogens is 2. The number of likely N-dealkylation sites (N-methyl/N-ethyl adjacent to an activating group) is 2. The number of piperidine rings is 1. The largest absolute Gasteiger partial charge is 0.384 e. The molecule has 3 aliphatic heterocycles. The molecule has 0 aliphatic carbocycles. The lowest BCUT2D eigenvalue weighted by atomic mass is 9.88. The average molecular weight is 439 g/mol. The van der Waals surface area contributed by atoms with Gasteiger partial charge in [-0.15, -0.1) is 5.10 Å². The fourth-order valence-corrected chi connectivity index (χ4v) is 5.09. The van der Waals surface area contributed by atoms with E-state index in [1.54, 1.807) is 10.8 Å². The second-order valence-corrected chi connectivity index (χ2v) is 8.98. The summed E-state index contributed by atoms with van der Waals surface area (Å²) in [6.07, 6.45) is 3.43. The molecule has 2 bridgehead atoms. The predicted octanol–water partition coefficient (Wildman–Crippen LogP) is -0.607. The summed E-state index contributed by atoms with van der Waals surface area (Å²) in [6.45, 7) is 2.30. The van der Waals surface area contributed by atoms with Crippen molar-refractivity contribution in [3.8, 4) is 0 Å². The number of nitrogens with zero attached hydrogens (tertiary/aromatic N) is 6. The number of piperazine rings is 1. The molecule has 0 saturated carbocycles. The van der Waals surface area contributed by atoms with Crippen LogP contribution in [0.25, 0.3) is 10.9 Å². The number of para-hydroxylation sites is 1. The van der Waals surface area contributed by atoms with Gasteiger partial charge >= 0.3 is 0 Å². The topological polar surface area (TPSA) is 133 Å². The molecule has 0 spiro atoms. The van der Waals surface area contributed by atoms with Crippen LogP contribution in [-0.4, -0.2) is 81.8 Å². The van der Waals surface area contributed by atoms with E-state index < -0.39 is 0 Å². The molecule has 2 saturated heterocycles. The molecule has 11 heteroatoms. The van der Waals surface area contributed by atoms with Gasteiger partial charge in [-0.2, -0.15) is 10.2 Å². The van der Waals surface area contributed by atoms with Gasteiger partial charge in [-0.3, -0.25) is 15.1 Å². The fraction of sp³-hybridized carbons (Fsp3) is 0.476. The molecular weight excluding hydrogens is 408 g/mol. The van der Waals surface area contributed by atoms with Crippen molar-refractivity contribution >= 4 is 22.6 Å². The van der Waals surface area contributed by atoms with Crippen molar-refractivity contribution < 1.29 is 4.79 Å². The van der Waals surface area contributed by atoms with Gasteiger partial charge in [-0.05, 0) is 33.0 Å². The van der Waals surface area contributed by atoms with Crippen LogP contribution in [0.15, 0.2) is 41.3 Å². The first-order valence-corrected chi connectivity index (χ1v) is 10.9. The molecule has 170 valence electrons. The number of hydrogen-bond acceptors (Lipinski definition) is 9. The number of amidine groups is 1. The number of nitrogens with one attached hydrogen (secondary N) is 2. The molecule has 2 aromatic rings. The second-order valence-electron chi connectivity index (χ2n) is 8.98. The minimum absolute atomic E-state index is 0.143.